The number of benzene rings is 2. The van der Waals surface area contributed by atoms with E-state index in [1.807, 2.05) is 42.5 Å². The van der Waals surface area contributed by atoms with Crippen LogP contribution in [0.25, 0.3) is 0 Å². The van der Waals surface area contributed by atoms with Gasteiger partial charge in [-0.2, -0.15) is 5.26 Å². The molecule has 2 amide bonds. The Balaban J connectivity index is 1.26. The van der Waals surface area contributed by atoms with Crippen molar-refractivity contribution in [1.29, 1.82) is 5.26 Å². The molecule has 3 atom stereocenters. The molecule has 5 rings (SSSR count). The summed E-state index contributed by atoms with van der Waals surface area (Å²) in [6.07, 6.45) is 5.50. The number of fused-ring (bicyclic) bond motifs is 1. The summed E-state index contributed by atoms with van der Waals surface area (Å²) in [6.45, 7) is 4.86. The van der Waals surface area contributed by atoms with Gasteiger partial charge in [0.1, 0.15) is 17.9 Å². The highest BCUT2D eigenvalue weighted by Crippen LogP contribution is 2.32. The van der Waals surface area contributed by atoms with Crippen LogP contribution < -0.4 is 15.4 Å². The van der Waals surface area contributed by atoms with Gasteiger partial charge in [0.2, 0.25) is 5.91 Å². The molecular weight excluding hydrogens is 440 g/mol. The van der Waals surface area contributed by atoms with E-state index < -0.39 is 6.04 Å². The van der Waals surface area contributed by atoms with Crippen LogP contribution in [0.15, 0.2) is 54.7 Å². The second-order valence-corrected chi connectivity index (χ2v) is 9.60. The minimum atomic E-state index is -0.465. The molecule has 0 bridgehead atoms. The smallest absolute Gasteiger partial charge is 0.255 e. The van der Waals surface area contributed by atoms with E-state index in [9.17, 15) is 14.9 Å². The molecule has 0 aromatic heterocycles. The van der Waals surface area contributed by atoms with Crippen molar-refractivity contribution >= 4 is 11.8 Å². The van der Waals surface area contributed by atoms with E-state index in [2.05, 4.69) is 23.3 Å². The number of piperidine rings is 1. The minimum absolute atomic E-state index is 0.0133. The summed E-state index contributed by atoms with van der Waals surface area (Å²) >= 11 is 0. The summed E-state index contributed by atoms with van der Waals surface area (Å²) in [7, 11) is 0. The van der Waals surface area contributed by atoms with Crippen molar-refractivity contribution in [2.75, 3.05) is 0 Å². The van der Waals surface area contributed by atoms with Crippen LogP contribution in [0.4, 0.5) is 0 Å². The fourth-order valence-corrected chi connectivity index (χ4v) is 5.37. The van der Waals surface area contributed by atoms with E-state index in [4.69, 9.17) is 4.74 Å². The van der Waals surface area contributed by atoms with Crippen LogP contribution in [0.1, 0.15) is 65.6 Å². The quantitative estimate of drug-likeness (QED) is 0.670. The Hall–Kier alpha value is -3.63. The fourth-order valence-electron chi connectivity index (χ4n) is 5.37. The Kier molecular flexibility index (Phi) is 6.56. The number of ether oxygens (including phenoxy) is 1. The summed E-state index contributed by atoms with van der Waals surface area (Å²) < 4.78 is 6.44. The van der Waals surface area contributed by atoms with Gasteiger partial charge in [-0.1, -0.05) is 31.2 Å². The second kappa shape index (κ2) is 9.93. The molecule has 2 fully saturated rings. The topological polar surface area (TPSA) is 94.5 Å². The maximum Gasteiger partial charge on any atom is 0.255 e. The zero-order chi connectivity index (χ0) is 24.4. The lowest BCUT2D eigenvalue weighted by Crippen LogP contribution is -2.49. The predicted molar refractivity (Wildman–Crippen MR) is 131 cm³/mol. The van der Waals surface area contributed by atoms with Gasteiger partial charge in [-0.15, -0.1) is 0 Å². The highest BCUT2D eigenvalue weighted by Gasteiger charge is 2.38. The first kappa shape index (κ1) is 23.1. The molecule has 2 aliphatic heterocycles. The van der Waals surface area contributed by atoms with Crippen LogP contribution in [-0.2, 0) is 17.9 Å². The number of allylic oxidation sites excluding steroid dienone is 1. The van der Waals surface area contributed by atoms with Gasteiger partial charge in [-0.3, -0.25) is 9.59 Å². The number of rotatable bonds is 6. The molecule has 1 saturated carbocycles. The summed E-state index contributed by atoms with van der Waals surface area (Å²) in [5, 5.41) is 15.8. The third-order valence-electron chi connectivity index (χ3n) is 7.29. The summed E-state index contributed by atoms with van der Waals surface area (Å²) in [5.74, 6) is 0.483. The molecule has 2 heterocycles. The lowest BCUT2D eigenvalue weighted by atomic mass is 9.92. The Morgan fingerprint density at radius 1 is 1.14 bits per heavy atom. The van der Waals surface area contributed by atoms with Gasteiger partial charge in [-0.25, -0.2) is 0 Å². The molecule has 180 valence electrons. The van der Waals surface area contributed by atoms with Crippen molar-refractivity contribution < 1.29 is 14.3 Å². The van der Waals surface area contributed by atoms with Crippen molar-refractivity contribution in [3.8, 4) is 11.8 Å². The average molecular weight is 471 g/mol. The normalized spacial score (nSPS) is 24.0. The summed E-state index contributed by atoms with van der Waals surface area (Å²) in [4.78, 5) is 27.1. The van der Waals surface area contributed by atoms with Gasteiger partial charge in [0.05, 0.1) is 11.6 Å². The molecule has 0 radical (unpaired) electrons. The van der Waals surface area contributed by atoms with E-state index in [1.54, 1.807) is 4.90 Å². The number of hydrogen-bond donors (Lipinski definition) is 2. The molecule has 1 aliphatic carbocycles. The molecule has 2 aromatic rings. The molecule has 2 N–H and O–H groups in total. The van der Waals surface area contributed by atoms with Gasteiger partial charge >= 0.3 is 0 Å². The van der Waals surface area contributed by atoms with Crippen molar-refractivity contribution in [2.24, 2.45) is 0 Å². The third kappa shape index (κ3) is 4.80. The molecule has 35 heavy (non-hydrogen) atoms. The van der Waals surface area contributed by atoms with E-state index in [-0.39, 0.29) is 24.0 Å². The van der Waals surface area contributed by atoms with E-state index in [0.29, 0.717) is 42.8 Å². The second-order valence-electron chi connectivity index (χ2n) is 9.60. The molecule has 1 saturated heterocycles. The molecular formula is C28H30N4O3. The van der Waals surface area contributed by atoms with Crippen LogP contribution in [0.5, 0.6) is 5.75 Å². The number of carbonyl (C=O) groups is 2. The van der Waals surface area contributed by atoms with E-state index >= 15 is 0 Å². The number of carbonyl (C=O) groups excluding carboxylic acids is 2. The number of nitrogens with one attached hydrogen (secondary N) is 2. The number of nitriles is 1. The first-order valence-electron chi connectivity index (χ1n) is 12.3. The van der Waals surface area contributed by atoms with Gasteiger partial charge in [0.15, 0.2) is 0 Å². The first-order valence-corrected chi connectivity index (χ1v) is 12.3. The number of nitrogens with zero attached hydrogens (tertiary/aromatic N) is 2. The van der Waals surface area contributed by atoms with Gasteiger partial charge in [0.25, 0.3) is 5.91 Å². The summed E-state index contributed by atoms with van der Waals surface area (Å²) in [5.41, 5.74) is 3.93. The lowest BCUT2D eigenvalue weighted by molar-refractivity contribution is -0.126. The van der Waals surface area contributed by atoms with E-state index in [1.165, 1.54) is 0 Å². The highest BCUT2D eigenvalue weighted by atomic mass is 16.5. The molecule has 3 aliphatic rings. The van der Waals surface area contributed by atoms with Gasteiger partial charge < -0.3 is 20.3 Å². The van der Waals surface area contributed by atoms with Gasteiger partial charge in [0, 0.05) is 30.4 Å². The Bertz CT molecular complexity index is 1200. The largest absolute Gasteiger partial charge is 0.489 e. The van der Waals surface area contributed by atoms with E-state index in [0.717, 1.165) is 42.6 Å². The fraction of sp³-hybridized carbons (Fsp3) is 0.393. The van der Waals surface area contributed by atoms with Crippen molar-refractivity contribution in [3.05, 3.63) is 77.0 Å². The van der Waals surface area contributed by atoms with Crippen LogP contribution in [0.3, 0.4) is 0 Å². The Morgan fingerprint density at radius 3 is 2.80 bits per heavy atom. The van der Waals surface area contributed by atoms with Crippen molar-refractivity contribution in [1.82, 2.24) is 15.5 Å². The van der Waals surface area contributed by atoms with Gasteiger partial charge in [-0.05, 0) is 67.5 Å². The zero-order valence-corrected chi connectivity index (χ0v) is 19.8. The summed E-state index contributed by atoms with van der Waals surface area (Å²) in [6, 6.07) is 15.3. The molecule has 7 nitrogen and oxygen atoms in total. The highest BCUT2D eigenvalue weighted by molar-refractivity contribution is 6.01. The maximum atomic E-state index is 13.0. The zero-order valence-electron chi connectivity index (χ0n) is 19.8. The van der Waals surface area contributed by atoms with Crippen molar-refractivity contribution in [2.45, 2.75) is 69.8 Å². The predicted octanol–water partition coefficient (Wildman–Crippen LogP) is 3.79. The van der Waals surface area contributed by atoms with Crippen LogP contribution in [0.2, 0.25) is 0 Å². The molecule has 0 spiro atoms. The lowest BCUT2D eigenvalue weighted by Gasteiger charge is -2.33. The minimum Gasteiger partial charge on any atom is -0.489 e. The van der Waals surface area contributed by atoms with Crippen LogP contribution >= 0.6 is 0 Å². The SMILES string of the molecule is C=C1CCC(N2Cc3cc(OC4CCCCC4NCc4ccccc4C#N)ccc3C2=O)C(=O)N1. The molecule has 7 heteroatoms. The van der Waals surface area contributed by atoms with Crippen LogP contribution in [-0.4, -0.2) is 34.9 Å². The maximum absolute atomic E-state index is 13.0. The Labute approximate surface area is 205 Å². The molecule has 3 unspecified atom stereocenters. The number of amides is 2. The molecule has 2 aromatic carbocycles. The third-order valence-corrected chi connectivity index (χ3v) is 7.29. The monoisotopic (exact) mass is 470 g/mol. The Morgan fingerprint density at radius 2 is 1.97 bits per heavy atom. The first-order chi connectivity index (χ1) is 17.0. The number of hydrogen-bond acceptors (Lipinski definition) is 5. The standard InChI is InChI=1S/C28H30N4O3/c1-18-10-13-25(27(33)31-18)32-17-21-14-22(11-12-23(21)28(32)34)35-26-9-5-4-8-24(26)30-16-20-7-3-2-6-19(20)15-29/h2-3,6-7,11-12,14,24-26,30H,1,4-5,8-10,13,16-17H2,(H,31,33). The van der Waals surface area contributed by atoms with Crippen LogP contribution in [0, 0.1) is 11.3 Å². The average Bonchev–Trinajstić information content (AvgIpc) is 3.19. The van der Waals surface area contributed by atoms with Crippen molar-refractivity contribution in [3.63, 3.8) is 0 Å².